The first-order valence-corrected chi connectivity index (χ1v) is 4.87. The lowest BCUT2D eigenvalue weighted by molar-refractivity contribution is -0.140. The van der Waals surface area contributed by atoms with Gasteiger partial charge in [-0.1, -0.05) is 17.3 Å². The molecular formula is C12H13NO3. The van der Waals surface area contributed by atoms with Crippen molar-refractivity contribution < 1.29 is 14.4 Å². The standard InChI is InChI=1S/C12H13NO3/c1-4-5-10-7-11(13-16-9(3)14)8(2)6-12(10)15/h4-7H,1-3H3/b5-4+,13-11?. The highest BCUT2D eigenvalue weighted by Gasteiger charge is 2.14. The smallest absolute Gasteiger partial charge is 0.318 e. The van der Waals surface area contributed by atoms with Crippen LogP contribution in [0.2, 0.25) is 0 Å². The van der Waals surface area contributed by atoms with Crippen LogP contribution in [0, 0.1) is 0 Å². The second-order valence-electron chi connectivity index (χ2n) is 3.35. The number of hydrogen-bond donors (Lipinski definition) is 0. The van der Waals surface area contributed by atoms with E-state index in [0.29, 0.717) is 16.9 Å². The van der Waals surface area contributed by atoms with Gasteiger partial charge < -0.3 is 4.84 Å². The first kappa shape index (κ1) is 12.1. The predicted molar refractivity (Wildman–Crippen MR) is 60.9 cm³/mol. The Kier molecular flexibility index (Phi) is 3.94. The van der Waals surface area contributed by atoms with Gasteiger partial charge in [-0.25, -0.2) is 4.79 Å². The van der Waals surface area contributed by atoms with Gasteiger partial charge >= 0.3 is 5.97 Å². The third-order valence-electron chi connectivity index (χ3n) is 1.95. The molecule has 0 aromatic heterocycles. The van der Waals surface area contributed by atoms with Gasteiger partial charge in [0.2, 0.25) is 0 Å². The largest absolute Gasteiger partial charge is 0.332 e. The summed E-state index contributed by atoms with van der Waals surface area (Å²) >= 11 is 0. The summed E-state index contributed by atoms with van der Waals surface area (Å²) < 4.78 is 0. The van der Waals surface area contributed by atoms with E-state index in [0.717, 1.165) is 0 Å². The number of nitrogens with zero attached hydrogens (tertiary/aromatic N) is 1. The van der Waals surface area contributed by atoms with Gasteiger partial charge in [-0.05, 0) is 31.6 Å². The van der Waals surface area contributed by atoms with Gasteiger partial charge in [0.1, 0.15) is 5.71 Å². The molecule has 0 aromatic rings. The normalized spacial score (nSPS) is 18.7. The molecule has 0 aliphatic heterocycles. The van der Waals surface area contributed by atoms with E-state index in [4.69, 9.17) is 0 Å². The molecule has 84 valence electrons. The summed E-state index contributed by atoms with van der Waals surface area (Å²) in [6.45, 7) is 4.83. The minimum Gasteiger partial charge on any atom is -0.318 e. The maximum Gasteiger partial charge on any atom is 0.332 e. The lowest BCUT2D eigenvalue weighted by atomic mass is 9.97. The Morgan fingerprint density at radius 1 is 1.44 bits per heavy atom. The van der Waals surface area contributed by atoms with Gasteiger partial charge in [0, 0.05) is 12.5 Å². The molecule has 0 aromatic carbocycles. The maximum absolute atomic E-state index is 11.5. The fraction of sp³-hybridized carbons (Fsp3) is 0.250. The van der Waals surface area contributed by atoms with Crippen molar-refractivity contribution in [2.24, 2.45) is 5.16 Å². The Labute approximate surface area is 94.0 Å². The van der Waals surface area contributed by atoms with Crippen molar-refractivity contribution in [3.8, 4) is 0 Å². The fourth-order valence-electron chi connectivity index (χ4n) is 1.21. The zero-order chi connectivity index (χ0) is 12.1. The number of carbonyl (C=O) groups excluding carboxylic acids is 2. The Balaban J connectivity index is 3.00. The van der Waals surface area contributed by atoms with Gasteiger partial charge in [-0.2, -0.15) is 0 Å². The van der Waals surface area contributed by atoms with Crippen molar-refractivity contribution >= 4 is 17.5 Å². The summed E-state index contributed by atoms with van der Waals surface area (Å²) in [6, 6.07) is 0. The van der Waals surface area contributed by atoms with E-state index in [9.17, 15) is 9.59 Å². The molecule has 0 spiro atoms. The molecule has 0 radical (unpaired) electrons. The molecule has 4 heteroatoms. The summed E-state index contributed by atoms with van der Waals surface area (Å²) in [5.74, 6) is -0.560. The average Bonchev–Trinajstić information content (AvgIpc) is 2.20. The van der Waals surface area contributed by atoms with Crippen LogP contribution in [0.25, 0.3) is 0 Å². The molecule has 0 N–H and O–H groups in total. The van der Waals surface area contributed by atoms with Crippen LogP contribution in [0.15, 0.2) is 40.6 Å². The Bertz CT molecular complexity index is 439. The van der Waals surface area contributed by atoms with Gasteiger partial charge in [0.05, 0.1) is 0 Å². The van der Waals surface area contributed by atoms with E-state index in [-0.39, 0.29) is 5.78 Å². The number of ketones is 1. The second kappa shape index (κ2) is 5.21. The van der Waals surface area contributed by atoms with Crippen LogP contribution in [0.1, 0.15) is 20.8 Å². The summed E-state index contributed by atoms with van der Waals surface area (Å²) in [4.78, 5) is 26.7. The fourth-order valence-corrected chi connectivity index (χ4v) is 1.21. The van der Waals surface area contributed by atoms with Crippen molar-refractivity contribution in [2.75, 3.05) is 0 Å². The second-order valence-corrected chi connectivity index (χ2v) is 3.35. The van der Waals surface area contributed by atoms with Gasteiger partial charge in [-0.3, -0.25) is 4.79 Å². The molecule has 1 rings (SSSR count). The lowest BCUT2D eigenvalue weighted by Crippen LogP contribution is -2.11. The van der Waals surface area contributed by atoms with Crippen molar-refractivity contribution in [3.05, 3.63) is 35.5 Å². The molecule has 0 amide bonds. The molecule has 1 aliphatic carbocycles. The highest BCUT2D eigenvalue weighted by atomic mass is 16.7. The molecule has 0 bridgehead atoms. The molecule has 16 heavy (non-hydrogen) atoms. The zero-order valence-corrected chi connectivity index (χ0v) is 9.48. The third-order valence-corrected chi connectivity index (χ3v) is 1.95. The van der Waals surface area contributed by atoms with Crippen LogP contribution in [-0.4, -0.2) is 17.5 Å². The van der Waals surface area contributed by atoms with E-state index in [1.54, 1.807) is 25.2 Å². The number of carbonyl (C=O) groups is 2. The molecule has 0 fully saturated rings. The molecule has 1 aliphatic rings. The summed E-state index contributed by atoms with van der Waals surface area (Å²) in [5, 5.41) is 3.67. The molecular weight excluding hydrogens is 206 g/mol. The van der Waals surface area contributed by atoms with E-state index in [1.165, 1.54) is 13.0 Å². The Morgan fingerprint density at radius 2 is 2.12 bits per heavy atom. The molecule has 0 saturated carbocycles. The maximum atomic E-state index is 11.5. The molecule has 0 atom stereocenters. The van der Waals surface area contributed by atoms with Crippen LogP contribution in [0.4, 0.5) is 0 Å². The Hall–Kier alpha value is -1.97. The molecule has 0 unspecified atom stereocenters. The minimum absolute atomic E-state index is 0.0719. The van der Waals surface area contributed by atoms with E-state index in [1.807, 2.05) is 6.92 Å². The van der Waals surface area contributed by atoms with E-state index in [2.05, 4.69) is 9.99 Å². The lowest BCUT2D eigenvalue weighted by Gasteiger charge is -2.08. The number of oxime groups is 1. The predicted octanol–water partition coefficient (Wildman–Crippen LogP) is 1.94. The first-order chi connectivity index (χ1) is 7.54. The van der Waals surface area contributed by atoms with Gasteiger partial charge in [-0.15, -0.1) is 0 Å². The van der Waals surface area contributed by atoms with Crippen LogP contribution >= 0.6 is 0 Å². The Morgan fingerprint density at radius 3 is 2.69 bits per heavy atom. The average molecular weight is 219 g/mol. The van der Waals surface area contributed by atoms with Gasteiger partial charge in [0.25, 0.3) is 0 Å². The zero-order valence-electron chi connectivity index (χ0n) is 9.48. The number of rotatable bonds is 2. The molecule has 4 nitrogen and oxygen atoms in total. The van der Waals surface area contributed by atoms with E-state index < -0.39 is 5.97 Å². The van der Waals surface area contributed by atoms with Crippen LogP contribution in [-0.2, 0) is 14.4 Å². The van der Waals surface area contributed by atoms with E-state index >= 15 is 0 Å². The van der Waals surface area contributed by atoms with Gasteiger partial charge in [0.15, 0.2) is 5.78 Å². The first-order valence-electron chi connectivity index (χ1n) is 4.87. The van der Waals surface area contributed by atoms with Crippen LogP contribution in [0.5, 0.6) is 0 Å². The van der Waals surface area contributed by atoms with Crippen LogP contribution in [0.3, 0.4) is 0 Å². The highest BCUT2D eigenvalue weighted by Crippen LogP contribution is 2.13. The third kappa shape index (κ3) is 3.02. The summed E-state index contributed by atoms with van der Waals surface area (Å²) in [7, 11) is 0. The van der Waals surface area contributed by atoms with Crippen LogP contribution < -0.4 is 0 Å². The number of allylic oxidation sites excluding steroid dienone is 6. The summed E-state index contributed by atoms with van der Waals surface area (Å²) in [5.41, 5.74) is 1.70. The monoisotopic (exact) mass is 219 g/mol. The molecule has 0 saturated heterocycles. The SMILES string of the molecule is C/C=C/C1=CC(=NOC(C)=O)C(C)=CC1=O. The quantitative estimate of drug-likeness (QED) is 0.405. The van der Waals surface area contributed by atoms with Crippen molar-refractivity contribution in [1.82, 2.24) is 0 Å². The number of hydrogen-bond acceptors (Lipinski definition) is 4. The summed E-state index contributed by atoms with van der Waals surface area (Å²) in [6.07, 6.45) is 6.52. The van der Waals surface area contributed by atoms with Crippen molar-refractivity contribution in [1.29, 1.82) is 0 Å². The molecule has 0 heterocycles. The van der Waals surface area contributed by atoms with Crippen molar-refractivity contribution in [3.63, 3.8) is 0 Å². The topological polar surface area (TPSA) is 55.7 Å². The highest BCUT2D eigenvalue weighted by molar-refractivity contribution is 6.22. The van der Waals surface area contributed by atoms with Crippen molar-refractivity contribution in [2.45, 2.75) is 20.8 Å². The minimum atomic E-state index is -0.488.